The van der Waals surface area contributed by atoms with Crippen LogP contribution in [0.5, 0.6) is 0 Å². The largest absolute Gasteiger partial charge is 0.337 e. The zero-order valence-corrected chi connectivity index (χ0v) is 13.9. The molecule has 0 saturated heterocycles. The Labute approximate surface area is 139 Å². The number of allylic oxidation sites excluding steroid dienone is 3. The molecule has 2 aromatic carbocycles. The number of nitrogens with zero attached hydrogens (tertiary/aromatic N) is 1. The molecule has 0 amide bonds. The lowest BCUT2D eigenvalue weighted by Gasteiger charge is -2.26. The maximum Gasteiger partial charge on any atom is 0.0484 e. The van der Waals surface area contributed by atoms with E-state index in [0.717, 1.165) is 13.0 Å². The molecule has 1 aliphatic heterocycles. The van der Waals surface area contributed by atoms with E-state index in [1.54, 1.807) is 0 Å². The summed E-state index contributed by atoms with van der Waals surface area (Å²) in [6.45, 7) is 9.09. The van der Waals surface area contributed by atoms with Crippen molar-refractivity contribution in [3.8, 4) is 0 Å². The van der Waals surface area contributed by atoms with Gasteiger partial charge in [-0.05, 0) is 55.2 Å². The van der Waals surface area contributed by atoms with Gasteiger partial charge in [-0.2, -0.15) is 0 Å². The first kappa shape index (κ1) is 15.4. The molecule has 1 heteroatoms. The topological polar surface area (TPSA) is 3.24 Å². The van der Waals surface area contributed by atoms with Gasteiger partial charge in [-0.1, -0.05) is 60.7 Å². The molecular formula is C22H23N. The van der Waals surface area contributed by atoms with E-state index in [9.17, 15) is 0 Å². The number of rotatable bonds is 3. The minimum atomic E-state index is 0.850. The van der Waals surface area contributed by atoms with Gasteiger partial charge in [0.1, 0.15) is 0 Å². The maximum atomic E-state index is 4.05. The van der Waals surface area contributed by atoms with Gasteiger partial charge in [-0.25, -0.2) is 0 Å². The summed E-state index contributed by atoms with van der Waals surface area (Å²) in [6, 6.07) is 17.4. The third-order valence-corrected chi connectivity index (χ3v) is 4.36. The molecule has 1 aliphatic rings. The van der Waals surface area contributed by atoms with E-state index >= 15 is 0 Å². The van der Waals surface area contributed by atoms with Gasteiger partial charge in [-0.3, -0.25) is 0 Å². The predicted molar refractivity (Wildman–Crippen MR) is 100 cm³/mol. The highest BCUT2D eigenvalue weighted by atomic mass is 15.1. The summed E-state index contributed by atoms with van der Waals surface area (Å²) in [7, 11) is 0. The molecule has 0 aromatic heterocycles. The Hall–Kier alpha value is -2.54. The van der Waals surface area contributed by atoms with Crippen LogP contribution in [0.3, 0.4) is 0 Å². The van der Waals surface area contributed by atoms with Gasteiger partial charge in [0, 0.05) is 17.9 Å². The Morgan fingerprint density at radius 1 is 1.00 bits per heavy atom. The smallest absolute Gasteiger partial charge is 0.0484 e. The van der Waals surface area contributed by atoms with Crippen LogP contribution in [0.15, 0.2) is 84.5 Å². The Morgan fingerprint density at radius 3 is 2.43 bits per heavy atom. The lowest BCUT2D eigenvalue weighted by Crippen LogP contribution is -2.19. The van der Waals surface area contributed by atoms with Crippen molar-refractivity contribution in [3.05, 3.63) is 95.6 Å². The Bertz CT molecular complexity index is 763. The molecule has 0 bridgehead atoms. The maximum absolute atomic E-state index is 4.05. The monoisotopic (exact) mass is 301 g/mol. The van der Waals surface area contributed by atoms with Crippen LogP contribution in [0.25, 0.3) is 0 Å². The van der Waals surface area contributed by atoms with Crippen molar-refractivity contribution >= 4 is 11.4 Å². The molecule has 0 aliphatic carbocycles. The molecule has 0 unspecified atom stereocenters. The minimum Gasteiger partial charge on any atom is -0.337 e. The Balaban J connectivity index is 2.14. The second-order valence-corrected chi connectivity index (χ2v) is 5.98. The molecule has 0 spiro atoms. The molecular weight excluding hydrogens is 278 g/mol. The van der Waals surface area contributed by atoms with Crippen molar-refractivity contribution < 1.29 is 0 Å². The second-order valence-electron chi connectivity index (χ2n) is 5.98. The van der Waals surface area contributed by atoms with Crippen LogP contribution in [0.2, 0.25) is 0 Å². The average Bonchev–Trinajstić information content (AvgIpc) is 2.73. The van der Waals surface area contributed by atoms with Crippen LogP contribution in [-0.2, 0) is 6.42 Å². The lowest BCUT2D eigenvalue weighted by molar-refractivity contribution is 1.06. The van der Waals surface area contributed by atoms with Gasteiger partial charge < -0.3 is 4.90 Å². The molecule has 0 N–H and O–H groups in total. The summed E-state index contributed by atoms with van der Waals surface area (Å²) < 4.78 is 0. The van der Waals surface area contributed by atoms with E-state index in [4.69, 9.17) is 0 Å². The summed E-state index contributed by atoms with van der Waals surface area (Å²) >= 11 is 0. The second kappa shape index (κ2) is 6.70. The number of hydrogen-bond acceptors (Lipinski definition) is 1. The van der Waals surface area contributed by atoms with E-state index < -0.39 is 0 Å². The first-order chi connectivity index (χ1) is 11.2. The molecule has 1 heterocycles. The van der Waals surface area contributed by atoms with E-state index in [1.165, 1.54) is 33.6 Å². The Kier molecular flexibility index (Phi) is 4.47. The molecule has 0 radical (unpaired) electrons. The van der Waals surface area contributed by atoms with Crippen LogP contribution in [0.4, 0.5) is 11.4 Å². The number of fused-ring (bicyclic) bond motifs is 1. The summed E-state index contributed by atoms with van der Waals surface area (Å²) in [4.78, 5) is 2.39. The fraction of sp³-hybridized carbons (Fsp3) is 0.182. The number of para-hydroxylation sites is 1. The van der Waals surface area contributed by atoms with Gasteiger partial charge in [0.15, 0.2) is 0 Å². The summed E-state index contributed by atoms with van der Waals surface area (Å²) in [6.07, 6.45) is 7.28. The van der Waals surface area contributed by atoms with Gasteiger partial charge in [-0.15, -0.1) is 0 Å². The minimum absolute atomic E-state index is 0.850. The molecule has 2 aromatic rings. The highest BCUT2D eigenvalue weighted by Crippen LogP contribution is 2.35. The molecule has 3 rings (SSSR count). The lowest BCUT2D eigenvalue weighted by atomic mass is 10.0. The van der Waals surface area contributed by atoms with Crippen LogP contribution >= 0.6 is 0 Å². The van der Waals surface area contributed by atoms with Crippen molar-refractivity contribution in [2.24, 2.45) is 0 Å². The predicted octanol–water partition coefficient (Wildman–Crippen LogP) is 5.75. The van der Waals surface area contributed by atoms with Crippen molar-refractivity contribution in [1.29, 1.82) is 0 Å². The highest BCUT2D eigenvalue weighted by Gasteiger charge is 2.19. The van der Waals surface area contributed by atoms with E-state index in [2.05, 4.69) is 86.0 Å². The SMILES string of the molecule is C=CC1=C(/C=C\C)Cc2ccccc2N(c2ccc(C)cc2)C1. The molecule has 0 saturated carbocycles. The van der Waals surface area contributed by atoms with Gasteiger partial charge in [0.25, 0.3) is 0 Å². The zero-order valence-electron chi connectivity index (χ0n) is 13.9. The standard InChI is InChI=1S/C22H23N/c1-4-8-19-15-20-9-6-7-10-22(20)23(16-18(19)5-2)21-13-11-17(3)12-14-21/h4-14H,2,15-16H2,1,3H3/b8-4-. The summed E-state index contributed by atoms with van der Waals surface area (Å²) in [5, 5.41) is 0. The highest BCUT2D eigenvalue weighted by molar-refractivity contribution is 5.70. The van der Waals surface area contributed by atoms with Gasteiger partial charge in [0.05, 0.1) is 0 Å². The van der Waals surface area contributed by atoms with Crippen LogP contribution in [0.1, 0.15) is 18.1 Å². The number of benzene rings is 2. The molecule has 23 heavy (non-hydrogen) atoms. The molecule has 1 nitrogen and oxygen atoms in total. The fourth-order valence-electron chi connectivity index (χ4n) is 3.12. The number of aryl methyl sites for hydroxylation is 1. The van der Waals surface area contributed by atoms with Gasteiger partial charge in [0.2, 0.25) is 0 Å². The summed E-state index contributed by atoms with van der Waals surface area (Å²) in [5.74, 6) is 0. The number of anilines is 2. The van der Waals surface area contributed by atoms with Crippen molar-refractivity contribution in [3.63, 3.8) is 0 Å². The summed E-state index contributed by atoms with van der Waals surface area (Å²) in [5.41, 5.74) is 7.80. The number of hydrogen-bond donors (Lipinski definition) is 0. The van der Waals surface area contributed by atoms with Gasteiger partial charge >= 0.3 is 0 Å². The van der Waals surface area contributed by atoms with Crippen LogP contribution < -0.4 is 4.90 Å². The normalized spacial score (nSPS) is 14.8. The first-order valence-electron chi connectivity index (χ1n) is 8.12. The third-order valence-electron chi connectivity index (χ3n) is 4.36. The quantitative estimate of drug-likeness (QED) is 0.698. The molecule has 0 fully saturated rings. The van der Waals surface area contributed by atoms with E-state index in [0.29, 0.717) is 0 Å². The van der Waals surface area contributed by atoms with Crippen molar-refractivity contribution in [1.82, 2.24) is 0 Å². The van der Waals surface area contributed by atoms with Crippen molar-refractivity contribution in [2.45, 2.75) is 20.3 Å². The average molecular weight is 301 g/mol. The Morgan fingerprint density at radius 2 is 1.74 bits per heavy atom. The molecule has 116 valence electrons. The van der Waals surface area contributed by atoms with Crippen molar-refractivity contribution in [2.75, 3.05) is 11.4 Å². The first-order valence-corrected chi connectivity index (χ1v) is 8.12. The zero-order chi connectivity index (χ0) is 16.2. The van der Waals surface area contributed by atoms with Crippen LogP contribution in [-0.4, -0.2) is 6.54 Å². The van der Waals surface area contributed by atoms with Crippen LogP contribution in [0, 0.1) is 6.92 Å². The van der Waals surface area contributed by atoms with E-state index in [1.807, 2.05) is 6.08 Å². The molecule has 0 atom stereocenters. The third kappa shape index (κ3) is 3.14. The fourth-order valence-corrected chi connectivity index (χ4v) is 3.12. The van der Waals surface area contributed by atoms with E-state index in [-0.39, 0.29) is 0 Å².